The minimum atomic E-state index is -0.831. The Morgan fingerprint density at radius 3 is 2.38 bits per heavy atom. The highest BCUT2D eigenvalue weighted by Crippen LogP contribution is 2.25. The Morgan fingerprint density at radius 2 is 1.66 bits per heavy atom. The fourth-order valence-corrected chi connectivity index (χ4v) is 3.49. The molecule has 0 atom stereocenters. The van der Waals surface area contributed by atoms with E-state index in [1.54, 1.807) is 48.5 Å². The Morgan fingerprint density at radius 1 is 0.906 bits per heavy atom. The van der Waals surface area contributed by atoms with Gasteiger partial charge in [-0.2, -0.15) is 0 Å². The molecule has 0 saturated carbocycles. The van der Waals surface area contributed by atoms with Gasteiger partial charge in [-0.05, 0) is 48.0 Å². The van der Waals surface area contributed by atoms with Gasteiger partial charge in [0.05, 0.1) is 5.69 Å². The second-order valence-corrected chi connectivity index (χ2v) is 7.73. The van der Waals surface area contributed by atoms with Gasteiger partial charge in [0.25, 0.3) is 11.8 Å². The number of barbiturate groups is 1. The van der Waals surface area contributed by atoms with Gasteiger partial charge in [-0.25, -0.2) is 9.69 Å². The molecule has 0 unspecified atom stereocenters. The van der Waals surface area contributed by atoms with Crippen molar-refractivity contribution in [1.82, 2.24) is 5.32 Å². The lowest BCUT2D eigenvalue weighted by molar-refractivity contribution is -0.122. The molecule has 8 heteroatoms. The van der Waals surface area contributed by atoms with E-state index in [1.807, 2.05) is 18.2 Å². The van der Waals surface area contributed by atoms with Crippen LogP contribution in [0.5, 0.6) is 5.75 Å². The van der Waals surface area contributed by atoms with Crippen LogP contribution in [0.3, 0.4) is 0 Å². The minimum Gasteiger partial charge on any atom is -0.489 e. The molecular weight excluding hydrogens is 451 g/mol. The number of hydrogen-bond donors (Lipinski definition) is 1. The number of rotatable bonds is 5. The number of nitrogens with one attached hydrogen (secondary N) is 1. The van der Waals surface area contributed by atoms with Gasteiger partial charge < -0.3 is 4.74 Å². The maximum Gasteiger partial charge on any atom is 0.335 e. The van der Waals surface area contributed by atoms with E-state index in [-0.39, 0.29) is 11.3 Å². The Labute approximate surface area is 194 Å². The van der Waals surface area contributed by atoms with Crippen LogP contribution in [0.2, 0.25) is 10.0 Å². The molecule has 0 aliphatic carbocycles. The zero-order valence-electron chi connectivity index (χ0n) is 16.5. The summed E-state index contributed by atoms with van der Waals surface area (Å²) >= 11 is 12.1. The van der Waals surface area contributed by atoms with E-state index >= 15 is 0 Å². The van der Waals surface area contributed by atoms with Crippen molar-refractivity contribution in [1.29, 1.82) is 0 Å². The Kier molecular flexibility index (Phi) is 6.25. The van der Waals surface area contributed by atoms with Gasteiger partial charge in [0.2, 0.25) is 0 Å². The molecular formula is C24H16Cl2N2O4. The summed E-state index contributed by atoms with van der Waals surface area (Å²) in [6, 6.07) is 19.7. The summed E-state index contributed by atoms with van der Waals surface area (Å²) in [5.41, 5.74) is 1.54. The fourth-order valence-electron chi connectivity index (χ4n) is 3.11. The zero-order valence-corrected chi connectivity index (χ0v) is 18.1. The summed E-state index contributed by atoms with van der Waals surface area (Å²) in [6.07, 6.45) is 1.42. The van der Waals surface area contributed by atoms with Gasteiger partial charge in [-0.3, -0.25) is 14.9 Å². The van der Waals surface area contributed by atoms with E-state index in [1.165, 1.54) is 12.1 Å². The second kappa shape index (κ2) is 9.26. The molecule has 1 heterocycles. The maximum atomic E-state index is 12.9. The van der Waals surface area contributed by atoms with Crippen LogP contribution < -0.4 is 15.0 Å². The third-order valence-corrected chi connectivity index (χ3v) is 5.32. The molecule has 32 heavy (non-hydrogen) atoms. The number of imide groups is 2. The SMILES string of the molecule is O=C1NC(=O)N(c2cccc(Cl)c2)C(=O)/C1=C/c1ccc(OCc2ccccc2Cl)cc1. The van der Waals surface area contributed by atoms with Crippen molar-refractivity contribution < 1.29 is 19.1 Å². The summed E-state index contributed by atoms with van der Waals surface area (Å²) in [6.45, 7) is 0.303. The first kappa shape index (κ1) is 21.6. The molecule has 0 aromatic heterocycles. The molecule has 3 aromatic rings. The van der Waals surface area contributed by atoms with Gasteiger partial charge >= 0.3 is 6.03 Å². The lowest BCUT2D eigenvalue weighted by atomic mass is 10.1. The van der Waals surface area contributed by atoms with Crippen LogP contribution in [-0.2, 0) is 16.2 Å². The molecule has 1 N–H and O–H groups in total. The number of urea groups is 1. The van der Waals surface area contributed by atoms with Crippen LogP contribution >= 0.6 is 23.2 Å². The van der Waals surface area contributed by atoms with Gasteiger partial charge in [-0.15, -0.1) is 0 Å². The molecule has 1 aliphatic heterocycles. The van der Waals surface area contributed by atoms with E-state index in [9.17, 15) is 14.4 Å². The number of carbonyl (C=O) groups is 3. The first-order valence-electron chi connectivity index (χ1n) is 9.55. The first-order valence-corrected chi connectivity index (χ1v) is 10.3. The number of benzene rings is 3. The Bertz CT molecular complexity index is 1240. The van der Waals surface area contributed by atoms with Crippen LogP contribution in [0.15, 0.2) is 78.4 Å². The number of hydrogen-bond acceptors (Lipinski definition) is 4. The molecule has 1 fully saturated rings. The summed E-state index contributed by atoms with van der Waals surface area (Å²) in [4.78, 5) is 38.4. The molecule has 0 radical (unpaired) electrons. The monoisotopic (exact) mass is 466 g/mol. The van der Waals surface area contributed by atoms with Crippen LogP contribution in [0.4, 0.5) is 10.5 Å². The lowest BCUT2D eigenvalue weighted by Gasteiger charge is -2.26. The minimum absolute atomic E-state index is 0.172. The maximum absolute atomic E-state index is 12.9. The molecule has 1 saturated heterocycles. The third kappa shape index (κ3) is 4.66. The lowest BCUT2D eigenvalue weighted by Crippen LogP contribution is -2.54. The van der Waals surface area contributed by atoms with Crippen molar-refractivity contribution in [2.75, 3.05) is 4.90 Å². The number of halogens is 2. The molecule has 6 nitrogen and oxygen atoms in total. The van der Waals surface area contributed by atoms with Crippen molar-refractivity contribution in [3.05, 3.63) is 99.5 Å². The van der Waals surface area contributed by atoms with Crippen molar-refractivity contribution >= 4 is 52.8 Å². The topological polar surface area (TPSA) is 75.7 Å². The highest BCUT2D eigenvalue weighted by atomic mass is 35.5. The van der Waals surface area contributed by atoms with Crippen LogP contribution in [0.25, 0.3) is 6.08 Å². The van der Waals surface area contributed by atoms with E-state index in [0.717, 1.165) is 10.5 Å². The Balaban J connectivity index is 1.53. The number of amides is 4. The molecule has 0 spiro atoms. The van der Waals surface area contributed by atoms with E-state index < -0.39 is 17.8 Å². The predicted octanol–water partition coefficient (Wildman–Crippen LogP) is 5.24. The number of nitrogens with zero attached hydrogens (tertiary/aromatic N) is 1. The molecule has 1 aliphatic rings. The summed E-state index contributed by atoms with van der Waals surface area (Å²) in [7, 11) is 0. The average Bonchev–Trinajstić information content (AvgIpc) is 2.77. The van der Waals surface area contributed by atoms with Crippen LogP contribution in [0.1, 0.15) is 11.1 Å². The molecule has 3 aromatic carbocycles. The summed E-state index contributed by atoms with van der Waals surface area (Å²) < 4.78 is 5.74. The smallest absolute Gasteiger partial charge is 0.335 e. The highest BCUT2D eigenvalue weighted by Gasteiger charge is 2.36. The van der Waals surface area contributed by atoms with Gasteiger partial charge in [-0.1, -0.05) is 59.6 Å². The molecule has 4 rings (SSSR count). The first-order chi connectivity index (χ1) is 15.4. The van der Waals surface area contributed by atoms with Crippen molar-refractivity contribution in [3.63, 3.8) is 0 Å². The summed E-state index contributed by atoms with van der Waals surface area (Å²) in [5, 5.41) is 3.16. The standard InChI is InChI=1S/C24H16Cl2N2O4/c25-17-5-3-6-18(13-17)28-23(30)20(22(29)27-24(28)31)12-15-8-10-19(11-9-15)32-14-16-4-1-2-7-21(16)26/h1-13H,14H2,(H,27,29,31)/b20-12+. The van der Waals surface area contributed by atoms with Crippen molar-refractivity contribution in [3.8, 4) is 5.75 Å². The van der Waals surface area contributed by atoms with Crippen molar-refractivity contribution in [2.24, 2.45) is 0 Å². The normalized spacial score (nSPS) is 15.1. The average molecular weight is 467 g/mol. The number of carbonyl (C=O) groups excluding carboxylic acids is 3. The quantitative estimate of drug-likeness (QED) is 0.412. The molecule has 4 amide bonds. The van der Waals surface area contributed by atoms with E-state index in [0.29, 0.717) is 28.0 Å². The van der Waals surface area contributed by atoms with Crippen LogP contribution in [-0.4, -0.2) is 17.8 Å². The molecule has 0 bridgehead atoms. The van der Waals surface area contributed by atoms with Gasteiger partial charge in [0, 0.05) is 15.6 Å². The largest absolute Gasteiger partial charge is 0.489 e. The number of anilines is 1. The second-order valence-electron chi connectivity index (χ2n) is 6.89. The van der Waals surface area contributed by atoms with Gasteiger partial charge in [0.15, 0.2) is 0 Å². The number of ether oxygens (including phenoxy) is 1. The van der Waals surface area contributed by atoms with E-state index in [4.69, 9.17) is 27.9 Å². The highest BCUT2D eigenvalue weighted by molar-refractivity contribution is 6.39. The predicted molar refractivity (Wildman–Crippen MR) is 123 cm³/mol. The van der Waals surface area contributed by atoms with Crippen LogP contribution in [0, 0.1) is 0 Å². The zero-order chi connectivity index (χ0) is 22.7. The fraction of sp³-hybridized carbons (Fsp3) is 0.0417. The Hall–Kier alpha value is -3.61. The summed E-state index contributed by atoms with van der Waals surface area (Å²) in [5.74, 6) is -0.903. The van der Waals surface area contributed by atoms with Gasteiger partial charge in [0.1, 0.15) is 17.9 Å². The molecule has 160 valence electrons. The third-order valence-electron chi connectivity index (χ3n) is 4.71. The van der Waals surface area contributed by atoms with E-state index in [2.05, 4.69) is 5.32 Å². The van der Waals surface area contributed by atoms with Crippen molar-refractivity contribution in [2.45, 2.75) is 6.61 Å².